The van der Waals surface area contributed by atoms with Crippen LogP contribution in [0.1, 0.15) is 62.5 Å². The molecule has 30 heavy (non-hydrogen) atoms. The molecule has 1 aliphatic rings. The maximum atomic E-state index is 13.0. The minimum Gasteiger partial charge on any atom is -0.481 e. The molecule has 5 nitrogen and oxygen atoms in total. The summed E-state index contributed by atoms with van der Waals surface area (Å²) in [5.41, 5.74) is -1.78. The van der Waals surface area contributed by atoms with Gasteiger partial charge in [-0.1, -0.05) is 49.9 Å². The minimum atomic E-state index is -4.57. The zero-order valence-electron chi connectivity index (χ0n) is 16.7. The first-order valence-corrected chi connectivity index (χ1v) is 10.2. The summed E-state index contributed by atoms with van der Waals surface area (Å²) in [5, 5.41) is 26.1. The Labute approximate surface area is 174 Å². The van der Waals surface area contributed by atoms with E-state index in [-0.39, 0.29) is 12.0 Å². The predicted octanol–water partition coefficient (Wildman–Crippen LogP) is 5.23. The van der Waals surface area contributed by atoms with E-state index in [2.05, 4.69) is 16.1 Å². The first kappa shape index (κ1) is 23.9. The van der Waals surface area contributed by atoms with Gasteiger partial charge in [-0.05, 0) is 31.2 Å². The van der Waals surface area contributed by atoms with Gasteiger partial charge in [-0.2, -0.15) is 13.2 Å². The molecule has 8 heteroatoms. The van der Waals surface area contributed by atoms with Crippen LogP contribution in [0.15, 0.2) is 34.5 Å². The van der Waals surface area contributed by atoms with Crippen LogP contribution in [0.2, 0.25) is 0 Å². The van der Waals surface area contributed by atoms with E-state index >= 15 is 0 Å². The van der Waals surface area contributed by atoms with Gasteiger partial charge in [0, 0.05) is 12.0 Å². The van der Waals surface area contributed by atoms with Gasteiger partial charge in [0.25, 0.3) is 0 Å². The maximum Gasteiger partial charge on any atom is 0.442 e. The normalized spacial score (nSPS) is 16.6. The van der Waals surface area contributed by atoms with Crippen LogP contribution in [0.25, 0.3) is 0 Å². The fourth-order valence-electron chi connectivity index (χ4n) is 3.46. The quantitative estimate of drug-likeness (QED) is 0.336. The first-order chi connectivity index (χ1) is 14.2. The summed E-state index contributed by atoms with van der Waals surface area (Å²) in [5.74, 6) is 0.697. The molecule has 2 N–H and O–H groups in total. The van der Waals surface area contributed by atoms with Crippen molar-refractivity contribution < 1.29 is 28.2 Å². The number of rotatable bonds is 13. The van der Waals surface area contributed by atoms with Crippen LogP contribution in [-0.4, -0.2) is 28.5 Å². The van der Waals surface area contributed by atoms with Gasteiger partial charge in [-0.3, -0.25) is 4.79 Å². The summed E-state index contributed by atoms with van der Waals surface area (Å²) in [6, 6.07) is 5.71. The smallest absolute Gasteiger partial charge is 0.442 e. The van der Waals surface area contributed by atoms with Crippen molar-refractivity contribution in [1.29, 1.82) is 0 Å². The number of alkyl halides is 3. The minimum absolute atomic E-state index is 0.0510. The molecule has 0 fully saturated rings. The molecule has 0 radical (unpaired) electrons. The number of aliphatic hydroxyl groups is 1. The number of aryl methyl sites for hydroxylation is 1. The predicted molar refractivity (Wildman–Crippen MR) is 106 cm³/mol. The van der Waals surface area contributed by atoms with Gasteiger partial charge in [0.05, 0.1) is 12.0 Å². The average molecular weight is 424 g/mol. The molecule has 0 amide bonds. The van der Waals surface area contributed by atoms with E-state index < -0.39 is 29.8 Å². The van der Waals surface area contributed by atoms with Crippen molar-refractivity contribution in [3.8, 4) is 12.3 Å². The number of benzene rings is 1. The van der Waals surface area contributed by atoms with Crippen molar-refractivity contribution in [3.05, 3.63) is 35.4 Å². The van der Waals surface area contributed by atoms with E-state index in [0.29, 0.717) is 24.8 Å². The van der Waals surface area contributed by atoms with Gasteiger partial charge in [0.2, 0.25) is 0 Å². The SMILES string of the molecule is C#CCCCCCCC[C@H](C(=O)O)[C@H](O)CCc1ccc(C2(C(F)(F)F)N=N2)cc1. The van der Waals surface area contributed by atoms with Crippen LogP contribution >= 0.6 is 0 Å². The standard InChI is InChI=1S/C22H27F3N2O3/c1-2-3-4-5-6-7-8-9-18(20(29)30)19(28)15-12-16-10-13-17(14-11-16)21(26-27-21)22(23,24)25/h1,10-11,13-14,18-19,28H,3-9,12,15H2,(H,29,30)/t18-,19+/m0/s1. The number of hydrogen-bond acceptors (Lipinski definition) is 4. The lowest BCUT2D eigenvalue weighted by Crippen LogP contribution is -2.30. The monoisotopic (exact) mass is 424 g/mol. The molecule has 1 aromatic rings. The summed E-state index contributed by atoms with van der Waals surface area (Å²) in [7, 11) is 0. The highest BCUT2D eigenvalue weighted by molar-refractivity contribution is 5.70. The molecule has 2 rings (SSSR count). The Hall–Kier alpha value is -2.40. The second-order valence-corrected chi connectivity index (χ2v) is 7.63. The maximum absolute atomic E-state index is 13.0. The Morgan fingerprint density at radius 2 is 1.67 bits per heavy atom. The first-order valence-electron chi connectivity index (χ1n) is 10.2. The second-order valence-electron chi connectivity index (χ2n) is 7.63. The van der Waals surface area contributed by atoms with Crippen LogP contribution in [0.4, 0.5) is 13.2 Å². The molecule has 1 aliphatic heterocycles. The highest BCUT2D eigenvalue weighted by Crippen LogP contribution is 2.52. The molecular formula is C22H27F3N2O3. The van der Waals surface area contributed by atoms with Crippen LogP contribution in [0.5, 0.6) is 0 Å². The van der Waals surface area contributed by atoms with Crippen LogP contribution in [0, 0.1) is 18.3 Å². The van der Waals surface area contributed by atoms with E-state index in [9.17, 15) is 28.2 Å². The van der Waals surface area contributed by atoms with Gasteiger partial charge in [-0.15, -0.1) is 22.6 Å². The molecule has 0 saturated carbocycles. The fraction of sp³-hybridized carbons (Fsp3) is 0.591. The van der Waals surface area contributed by atoms with Crippen molar-refractivity contribution in [1.82, 2.24) is 0 Å². The number of carboxylic acid groups (broad SMARTS) is 1. The lowest BCUT2D eigenvalue weighted by atomic mass is 9.91. The van der Waals surface area contributed by atoms with Gasteiger partial charge < -0.3 is 10.2 Å². The molecule has 2 atom stereocenters. The Kier molecular flexibility index (Phi) is 8.42. The average Bonchev–Trinajstić information content (AvgIpc) is 3.50. The van der Waals surface area contributed by atoms with Gasteiger partial charge in [0.1, 0.15) is 0 Å². The fourth-order valence-corrected chi connectivity index (χ4v) is 3.46. The number of carboxylic acids is 1. The van der Waals surface area contributed by atoms with Crippen molar-refractivity contribution >= 4 is 5.97 Å². The molecule has 0 spiro atoms. The number of unbranched alkanes of at least 4 members (excludes halogenated alkanes) is 5. The number of aliphatic hydroxyl groups excluding tert-OH is 1. The Balaban J connectivity index is 1.79. The van der Waals surface area contributed by atoms with Crippen molar-refractivity contribution in [3.63, 3.8) is 0 Å². The summed E-state index contributed by atoms with van der Waals surface area (Å²) >= 11 is 0. The third-order valence-electron chi connectivity index (χ3n) is 5.40. The Bertz CT molecular complexity index is 763. The van der Waals surface area contributed by atoms with E-state index in [1.165, 1.54) is 24.3 Å². The number of terminal acetylenes is 1. The van der Waals surface area contributed by atoms with Gasteiger partial charge in [-0.25, -0.2) is 0 Å². The number of hydrogen-bond donors (Lipinski definition) is 2. The second kappa shape index (κ2) is 10.6. The summed E-state index contributed by atoms with van der Waals surface area (Å²) in [4.78, 5) is 11.5. The molecule has 1 aromatic carbocycles. The highest BCUT2D eigenvalue weighted by Gasteiger charge is 2.65. The number of carbonyl (C=O) groups is 1. The lowest BCUT2D eigenvalue weighted by molar-refractivity contribution is -0.166. The Morgan fingerprint density at radius 3 is 2.20 bits per heavy atom. The lowest BCUT2D eigenvalue weighted by Gasteiger charge is -2.19. The van der Waals surface area contributed by atoms with Crippen LogP contribution in [-0.2, 0) is 16.9 Å². The molecule has 0 aliphatic carbocycles. The third-order valence-corrected chi connectivity index (χ3v) is 5.40. The number of nitrogens with zero attached hydrogens (tertiary/aromatic N) is 2. The summed E-state index contributed by atoms with van der Waals surface area (Å²) in [6.07, 6.45) is 5.89. The van der Waals surface area contributed by atoms with Crippen molar-refractivity contribution in [2.24, 2.45) is 16.1 Å². The van der Waals surface area contributed by atoms with Crippen molar-refractivity contribution in [2.75, 3.05) is 0 Å². The van der Waals surface area contributed by atoms with Crippen LogP contribution in [0.3, 0.4) is 0 Å². The van der Waals surface area contributed by atoms with Gasteiger partial charge >= 0.3 is 17.8 Å². The topological polar surface area (TPSA) is 82.2 Å². The molecule has 1 heterocycles. The molecule has 0 aromatic heterocycles. The van der Waals surface area contributed by atoms with Crippen LogP contribution < -0.4 is 0 Å². The van der Waals surface area contributed by atoms with E-state index in [1.807, 2.05) is 0 Å². The van der Waals surface area contributed by atoms with E-state index in [0.717, 1.165) is 32.1 Å². The molecule has 0 bridgehead atoms. The van der Waals surface area contributed by atoms with E-state index in [4.69, 9.17) is 6.42 Å². The number of aliphatic carboxylic acids is 1. The third kappa shape index (κ3) is 6.30. The molecule has 0 saturated heterocycles. The molecule has 164 valence electrons. The Morgan fingerprint density at radius 1 is 1.07 bits per heavy atom. The zero-order chi connectivity index (χ0) is 22.2. The number of halogens is 3. The molecule has 0 unspecified atom stereocenters. The van der Waals surface area contributed by atoms with Crippen molar-refractivity contribution in [2.45, 2.75) is 75.7 Å². The van der Waals surface area contributed by atoms with E-state index in [1.54, 1.807) is 0 Å². The molecular weight excluding hydrogens is 397 g/mol. The summed E-state index contributed by atoms with van der Waals surface area (Å²) < 4.78 is 39.1. The summed E-state index contributed by atoms with van der Waals surface area (Å²) in [6.45, 7) is 0. The van der Waals surface area contributed by atoms with Gasteiger partial charge in [0.15, 0.2) is 0 Å². The zero-order valence-corrected chi connectivity index (χ0v) is 16.7. The largest absolute Gasteiger partial charge is 0.481 e. The highest BCUT2D eigenvalue weighted by atomic mass is 19.4.